The molecule has 1 aliphatic rings. The number of carbonyl (C=O) groups excluding carboxylic acids is 1. The van der Waals surface area contributed by atoms with E-state index in [1.54, 1.807) is 47.8 Å². The van der Waals surface area contributed by atoms with Gasteiger partial charge in [0.15, 0.2) is 0 Å². The van der Waals surface area contributed by atoms with Crippen LogP contribution in [0.5, 0.6) is 0 Å². The molecule has 0 unspecified atom stereocenters. The van der Waals surface area contributed by atoms with Gasteiger partial charge in [0.05, 0.1) is 5.56 Å². The summed E-state index contributed by atoms with van der Waals surface area (Å²) in [7, 11) is -3.59. The first-order valence-electron chi connectivity index (χ1n) is 11.8. The standard InChI is InChI=1S/C28H23F3N2O3S2/c1-17-13-19(9-11-25(17)28(29,30)31)23-5-2-3-6-24(23)27(34)32-21-10-8-18-14-22(16-20(18)15-21)33-38(35,36)26-7-4-12-37-26/h2-13,15,22,33H,14,16H2,1H3,(H,32,34)/t22-/m0/s1. The number of halogens is 3. The molecule has 1 atom stereocenters. The van der Waals surface area contributed by atoms with Crippen molar-refractivity contribution in [3.05, 3.63) is 106 Å². The zero-order valence-electron chi connectivity index (χ0n) is 20.2. The topological polar surface area (TPSA) is 75.3 Å². The van der Waals surface area contributed by atoms with Crippen molar-refractivity contribution in [1.82, 2.24) is 4.72 Å². The van der Waals surface area contributed by atoms with Gasteiger partial charge in [-0.25, -0.2) is 13.1 Å². The molecule has 0 saturated heterocycles. The fraction of sp³-hybridized carbons (Fsp3) is 0.179. The van der Waals surface area contributed by atoms with Crippen molar-refractivity contribution < 1.29 is 26.4 Å². The summed E-state index contributed by atoms with van der Waals surface area (Å²) in [5, 5.41) is 4.59. The lowest BCUT2D eigenvalue weighted by Gasteiger charge is -2.14. The van der Waals surface area contributed by atoms with Crippen molar-refractivity contribution in [3.63, 3.8) is 0 Å². The second kappa shape index (κ2) is 10.0. The highest BCUT2D eigenvalue weighted by Crippen LogP contribution is 2.35. The highest BCUT2D eigenvalue weighted by Gasteiger charge is 2.32. The maximum Gasteiger partial charge on any atom is 0.416 e. The minimum absolute atomic E-state index is 0.0769. The number of hydrogen-bond donors (Lipinski definition) is 2. The van der Waals surface area contributed by atoms with Gasteiger partial charge in [0.1, 0.15) is 4.21 Å². The number of nitrogens with one attached hydrogen (secondary N) is 2. The van der Waals surface area contributed by atoms with Crippen LogP contribution in [0.15, 0.2) is 82.4 Å². The van der Waals surface area contributed by atoms with Crippen molar-refractivity contribution in [2.24, 2.45) is 0 Å². The molecular weight excluding hydrogens is 533 g/mol. The minimum Gasteiger partial charge on any atom is -0.322 e. The lowest BCUT2D eigenvalue weighted by molar-refractivity contribution is -0.138. The van der Waals surface area contributed by atoms with Gasteiger partial charge in [0.25, 0.3) is 5.91 Å². The fourth-order valence-electron chi connectivity index (χ4n) is 4.75. The van der Waals surface area contributed by atoms with Crippen LogP contribution in [0.4, 0.5) is 18.9 Å². The van der Waals surface area contributed by atoms with Crippen LogP contribution in [0.25, 0.3) is 11.1 Å². The van der Waals surface area contributed by atoms with Crippen LogP contribution in [0.3, 0.4) is 0 Å². The third kappa shape index (κ3) is 5.38. The first-order chi connectivity index (χ1) is 18.0. The van der Waals surface area contributed by atoms with Crippen LogP contribution in [-0.2, 0) is 29.0 Å². The molecule has 1 aromatic heterocycles. The summed E-state index contributed by atoms with van der Waals surface area (Å²) in [6, 6.07) is 19.0. The quantitative estimate of drug-likeness (QED) is 0.287. The van der Waals surface area contributed by atoms with E-state index in [-0.39, 0.29) is 15.8 Å². The van der Waals surface area contributed by atoms with E-state index in [1.807, 2.05) is 12.1 Å². The molecule has 38 heavy (non-hydrogen) atoms. The van der Waals surface area contributed by atoms with Gasteiger partial charge in [0, 0.05) is 17.3 Å². The lowest BCUT2D eigenvalue weighted by atomic mass is 9.95. The van der Waals surface area contributed by atoms with Crippen molar-refractivity contribution in [1.29, 1.82) is 0 Å². The highest BCUT2D eigenvalue weighted by molar-refractivity contribution is 7.91. The number of thiophene rings is 1. The van der Waals surface area contributed by atoms with E-state index in [0.717, 1.165) is 28.5 Å². The number of rotatable bonds is 6. The number of aryl methyl sites for hydroxylation is 1. The molecular formula is C28H23F3N2O3S2. The Morgan fingerprint density at radius 1 is 0.947 bits per heavy atom. The summed E-state index contributed by atoms with van der Waals surface area (Å²) in [6.07, 6.45) is -3.41. The van der Waals surface area contributed by atoms with Gasteiger partial charge in [-0.1, -0.05) is 42.5 Å². The summed E-state index contributed by atoms with van der Waals surface area (Å²) in [5.74, 6) is -0.397. The number of carbonyl (C=O) groups is 1. The Morgan fingerprint density at radius 2 is 1.71 bits per heavy atom. The van der Waals surface area contributed by atoms with Gasteiger partial charge in [-0.3, -0.25) is 4.79 Å². The Hall–Kier alpha value is -3.47. The molecule has 4 aromatic rings. The molecule has 196 valence electrons. The van der Waals surface area contributed by atoms with Gasteiger partial charge in [-0.05, 0) is 83.3 Å². The molecule has 2 N–H and O–H groups in total. The third-order valence-electron chi connectivity index (χ3n) is 6.49. The van der Waals surface area contributed by atoms with E-state index >= 15 is 0 Å². The maximum atomic E-state index is 13.2. The summed E-state index contributed by atoms with van der Waals surface area (Å²) >= 11 is 1.16. The van der Waals surface area contributed by atoms with Crippen LogP contribution < -0.4 is 10.0 Å². The summed E-state index contributed by atoms with van der Waals surface area (Å²) in [4.78, 5) is 13.2. The minimum atomic E-state index is -4.45. The number of hydrogen-bond acceptors (Lipinski definition) is 4. The van der Waals surface area contributed by atoms with Gasteiger partial charge >= 0.3 is 6.18 Å². The number of amides is 1. The fourth-order valence-corrected chi connectivity index (χ4v) is 7.00. The summed E-state index contributed by atoms with van der Waals surface area (Å²) in [5.41, 5.74) is 3.21. The average molecular weight is 557 g/mol. The lowest BCUT2D eigenvalue weighted by Crippen LogP contribution is -2.34. The third-order valence-corrected chi connectivity index (χ3v) is 9.41. The van der Waals surface area contributed by atoms with Gasteiger partial charge in [-0.2, -0.15) is 13.2 Å². The first kappa shape index (κ1) is 26.1. The molecule has 10 heteroatoms. The van der Waals surface area contributed by atoms with Crippen LogP contribution in [0, 0.1) is 6.92 Å². The molecule has 0 saturated carbocycles. The van der Waals surface area contributed by atoms with Crippen molar-refractivity contribution >= 4 is 33.0 Å². The number of alkyl halides is 3. The number of fused-ring (bicyclic) bond motifs is 1. The van der Waals surface area contributed by atoms with Crippen LogP contribution in [-0.4, -0.2) is 20.4 Å². The molecule has 0 bridgehead atoms. The number of benzene rings is 3. The van der Waals surface area contributed by atoms with E-state index in [2.05, 4.69) is 10.0 Å². The van der Waals surface area contributed by atoms with Gasteiger partial charge < -0.3 is 5.32 Å². The SMILES string of the molecule is Cc1cc(-c2ccccc2C(=O)Nc2ccc3c(c2)C[C@@H](NS(=O)(=O)c2cccs2)C3)ccc1C(F)(F)F. The van der Waals surface area contributed by atoms with Crippen molar-refractivity contribution in [3.8, 4) is 11.1 Å². The molecule has 0 radical (unpaired) electrons. The first-order valence-corrected chi connectivity index (χ1v) is 14.1. The van der Waals surface area contributed by atoms with E-state index < -0.39 is 27.7 Å². The number of anilines is 1. The number of sulfonamides is 1. The Morgan fingerprint density at radius 3 is 2.42 bits per heavy atom. The molecule has 5 nitrogen and oxygen atoms in total. The Balaban J connectivity index is 1.33. The van der Waals surface area contributed by atoms with E-state index in [1.165, 1.54) is 19.1 Å². The molecule has 5 rings (SSSR count). The molecule has 1 aliphatic carbocycles. The van der Waals surface area contributed by atoms with Crippen LogP contribution >= 0.6 is 11.3 Å². The largest absolute Gasteiger partial charge is 0.416 e. The van der Waals surface area contributed by atoms with Crippen LogP contribution in [0.1, 0.15) is 32.6 Å². The predicted octanol–water partition coefficient (Wildman–Crippen LogP) is 6.44. The molecule has 1 heterocycles. The highest BCUT2D eigenvalue weighted by atomic mass is 32.2. The van der Waals surface area contributed by atoms with Gasteiger partial charge in [-0.15, -0.1) is 11.3 Å². The van der Waals surface area contributed by atoms with Crippen molar-refractivity contribution in [2.45, 2.75) is 36.2 Å². The predicted molar refractivity (Wildman–Crippen MR) is 142 cm³/mol. The zero-order valence-corrected chi connectivity index (χ0v) is 21.8. The maximum absolute atomic E-state index is 13.2. The molecule has 0 aliphatic heterocycles. The van der Waals surface area contributed by atoms with E-state index in [4.69, 9.17) is 0 Å². The molecule has 0 spiro atoms. The Bertz CT molecular complexity index is 1610. The molecule has 3 aromatic carbocycles. The Labute approximate surface area is 222 Å². The normalized spacial score (nSPS) is 15.3. The average Bonchev–Trinajstić information content (AvgIpc) is 3.53. The van der Waals surface area contributed by atoms with E-state index in [0.29, 0.717) is 35.2 Å². The smallest absolute Gasteiger partial charge is 0.322 e. The summed E-state index contributed by atoms with van der Waals surface area (Å²) in [6.45, 7) is 1.40. The van der Waals surface area contributed by atoms with Crippen LogP contribution in [0.2, 0.25) is 0 Å². The second-order valence-corrected chi connectivity index (χ2v) is 12.1. The van der Waals surface area contributed by atoms with Crippen molar-refractivity contribution in [2.75, 3.05) is 5.32 Å². The second-order valence-electron chi connectivity index (χ2n) is 9.17. The monoisotopic (exact) mass is 556 g/mol. The van der Waals surface area contributed by atoms with Gasteiger partial charge in [0.2, 0.25) is 10.0 Å². The van der Waals surface area contributed by atoms with E-state index in [9.17, 15) is 26.4 Å². The molecule has 1 amide bonds. The Kier molecular flexibility index (Phi) is 6.89. The summed E-state index contributed by atoms with van der Waals surface area (Å²) < 4.78 is 67.8. The zero-order chi connectivity index (χ0) is 27.1. The molecule has 0 fully saturated rings.